The van der Waals surface area contributed by atoms with Gasteiger partial charge in [-0.3, -0.25) is 4.79 Å². The van der Waals surface area contributed by atoms with Crippen LogP contribution in [0.4, 0.5) is 0 Å². The molecule has 1 rings (SSSR count). The number of hydrogen-bond donors (Lipinski definition) is 0. The Bertz CT molecular complexity index is 197. The summed E-state index contributed by atoms with van der Waals surface area (Å²) in [7, 11) is 0. The standard InChI is InChI=1S/C11H20O/c1-7-6-8(2)11(5,9(7)3)10(4)12/h7-9H,6H2,1-5H3. The molecule has 12 heavy (non-hydrogen) atoms. The van der Waals surface area contributed by atoms with Crippen molar-refractivity contribution in [1.29, 1.82) is 0 Å². The van der Waals surface area contributed by atoms with Gasteiger partial charge in [0.2, 0.25) is 0 Å². The Kier molecular flexibility index (Phi) is 2.33. The number of hydrogen-bond acceptors (Lipinski definition) is 1. The van der Waals surface area contributed by atoms with Crippen molar-refractivity contribution in [2.45, 2.75) is 41.0 Å². The largest absolute Gasteiger partial charge is 0.299 e. The van der Waals surface area contributed by atoms with Gasteiger partial charge in [0.1, 0.15) is 5.78 Å². The Balaban J connectivity index is 2.95. The van der Waals surface area contributed by atoms with E-state index in [1.54, 1.807) is 6.92 Å². The molecule has 0 N–H and O–H groups in total. The minimum Gasteiger partial charge on any atom is -0.299 e. The molecule has 1 saturated carbocycles. The van der Waals surface area contributed by atoms with Crippen molar-refractivity contribution in [1.82, 2.24) is 0 Å². The van der Waals surface area contributed by atoms with Gasteiger partial charge in [0.15, 0.2) is 0 Å². The molecule has 0 aromatic heterocycles. The maximum atomic E-state index is 11.5. The highest BCUT2D eigenvalue weighted by Crippen LogP contribution is 2.50. The van der Waals surface area contributed by atoms with E-state index in [2.05, 4.69) is 27.7 Å². The highest BCUT2D eigenvalue weighted by atomic mass is 16.1. The van der Waals surface area contributed by atoms with Crippen LogP contribution in [-0.4, -0.2) is 5.78 Å². The van der Waals surface area contributed by atoms with Crippen molar-refractivity contribution < 1.29 is 4.79 Å². The predicted molar refractivity (Wildman–Crippen MR) is 50.9 cm³/mol. The number of rotatable bonds is 1. The lowest BCUT2D eigenvalue weighted by Crippen LogP contribution is -2.34. The van der Waals surface area contributed by atoms with Crippen LogP contribution in [0.15, 0.2) is 0 Å². The molecule has 1 aliphatic rings. The first-order chi connectivity index (χ1) is 5.40. The first kappa shape index (κ1) is 9.76. The van der Waals surface area contributed by atoms with Crippen molar-refractivity contribution in [3.63, 3.8) is 0 Å². The van der Waals surface area contributed by atoms with Crippen molar-refractivity contribution >= 4 is 5.78 Å². The van der Waals surface area contributed by atoms with Crippen LogP contribution in [0.1, 0.15) is 41.0 Å². The molecule has 0 aliphatic heterocycles. The van der Waals surface area contributed by atoms with Crippen LogP contribution < -0.4 is 0 Å². The van der Waals surface area contributed by atoms with Gasteiger partial charge in [-0.2, -0.15) is 0 Å². The van der Waals surface area contributed by atoms with Crippen LogP contribution in [-0.2, 0) is 4.79 Å². The van der Waals surface area contributed by atoms with E-state index in [1.165, 1.54) is 6.42 Å². The quantitative estimate of drug-likeness (QED) is 0.588. The monoisotopic (exact) mass is 168 g/mol. The van der Waals surface area contributed by atoms with Crippen molar-refractivity contribution in [2.24, 2.45) is 23.2 Å². The van der Waals surface area contributed by atoms with Gasteiger partial charge < -0.3 is 0 Å². The third kappa shape index (κ3) is 1.10. The van der Waals surface area contributed by atoms with Gasteiger partial charge in [0, 0.05) is 5.41 Å². The summed E-state index contributed by atoms with van der Waals surface area (Å²) in [4.78, 5) is 11.5. The van der Waals surface area contributed by atoms with Crippen molar-refractivity contribution in [2.75, 3.05) is 0 Å². The lowest BCUT2D eigenvalue weighted by Gasteiger charge is -2.31. The molecule has 0 radical (unpaired) electrons. The highest BCUT2D eigenvalue weighted by molar-refractivity contribution is 5.83. The van der Waals surface area contributed by atoms with Crippen LogP contribution in [0.3, 0.4) is 0 Å². The molecule has 0 spiro atoms. The number of Topliss-reactive ketones (excluding diaryl/α,β-unsaturated/α-hetero) is 1. The predicted octanol–water partition coefficient (Wildman–Crippen LogP) is 2.89. The lowest BCUT2D eigenvalue weighted by atomic mass is 9.71. The lowest BCUT2D eigenvalue weighted by molar-refractivity contribution is -0.129. The molecule has 0 saturated heterocycles. The summed E-state index contributed by atoms with van der Waals surface area (Å²) in [6.45, 7) is 10.6. The van der Waals surface area contributed by atoms with E-state index < -0.39 is 0 Å². The molecule has 1 heteroatoms. The molecule has 1 aliphatic carbocycles. The van der Waals surface area contributed by atoms with Crippen LogP contribution in [0.2, 0.25) is 0 Å². The summed E-state index contributed by atoms with van der Waals surface area (Å²) < 4.78 is 0. The van der Waals surface area contributed by atoms with Crippen LogP contribution in [0.25, 0.3) is 0 Å². The average molecular weight is 168 g/mol. The van der Waals surface area contributed by atoms with E-state index in [0.717, 1.165) is 0 Å². The van der Waals surface area contributed by atoms with E-state index >= 15 is 0 Å². The highest BCUT2D eigenvalue weighted by Gasteiger charge is 2.48. The molecule has 4 atom stereocenters. The summed E-state index contributed by atoms with van der Waals surface area (Å²) in [5.41, 5.74) is -0.0561. The van der Waals surface area contributed by atoms with Crippen LogP contribution >= 0.6 is 0 Å². The van der Waals surface area contributed by atoms with Gasteiger partial charge >= 0.3 is 0 Å². The molecular weight excluding hydrogens is 148 g/mol. The van der Waals surface area contributed by atoms with Crippen molar-refractivity contribution in [3.05, 3.63) is 0 Å². The SMILES string of the molecule is CC(=O)C1(C)C(C)CC(C)C1C. The fraction of sp³-hybridized carbons (Fsp3) is 0.909. The van der Waals surface area contributed by atoms with Gasteiger partial charge in [-0.1, -0.05) is 27.7 Å². The smallest absolute Gasteiger partial charge is 0.136 e. The van der Waals surface area contributed by atoms with Gasteiger partial charge in [-0.05, 0) is 31.1 Å². The van der Waals surface area contributed by atoms with Crippen LogP contribution in [0, 0.1) is 23.2 Å². The van der Waals surface area contributed by atoms with Gasteiger partial charge in [-0.15, -0.1) is 0 Å². The summed E-state index contributed by atoms with van der Waals surface area (Å²) in [5.74, 6) is 2.17. The zero-order valence-corrected chi connectivity index (χ0v) is 8.85. The maximum Gasteiger partial charge on any atom is 0.136 e. The summed E-state index contributed by atoms with van der Waals surface area (Å²) in [5, 5.41) is 0. The van der Waals surface area contributed by atoms with E-state index in [1.807, 2.05) is 0 Å². The minimum absolute atomic E-state index is 0.0561. The molecule has 0 aromatic rings. The Labute approximate surface area is 75.5 Å². The Morgan fingerprint density at radius 3 is 2.00 bits per heavy atom. The topological polar surface area (TPSA) is 17.1 Å². The summed E-state index contributed by atoms with van der Waals surface area (Å²) in [6.07, 6.45) is 1.21. The van der Waals surface area contributed by atoms with Gasteiger partial charge in [0.25, 0.3) is 0 Å². The molecule has 0 aromatic carbocycles. The second-order valence-corrected chi connectivity index (χ2v) is 4.74. The van der Waals surface area contributed by atoms with E-state index in [9.17, 15) is 4.79 Å². The molecule has 70 valence electrons. The third-order valence-corrected chi connectivity index (χ3v) is 4.31. The summed E-state index contributed by atoms with van der Waals surface area (Å²) >= 11 is 0. The molecular formula is C11H20O. The fourth-order valence-corrected chi connectivity index (χ4v) is 2.71. The molecule has 0 bridgehead atoms. The first-order valence-electron chi connectivity index (χ1n) is 4.91. The molecule has 0 amide bonds. The molecule has 1 fully saturated rings. The normalized spacial score (nSPS) is 47.9. The van der Waals surface area contributed by atoms with Gasteiger partial charge in [-0.25, -0.2) is 0 Å². The Hall–Kier alpha value is -0.330. The van der Waals surface area contributed by atoms with Crippen molar-refractivity contribution in [3.8, 4) is 0 Å². The number of ketones is 1. The zero-order chi connectivity index (χ0) is 9.52. The molecule has 1 nitrogen and oxygen atoms in total. The maximum absolute atomic E-state index is 11.5. The summed E-state index contributed by atoms with van der Waals surface area (Å²) in [6, 6.07) is 0. The number of carbonyl (C=O) groups is 1. The Morgan fingerprint density at radius 1 is 1.33 bits per heavy atom. The second-order valence-electron chi connectivity index (χ2n) is 4.74. The second kappa shape index (κ2) is 2.86. The molecule has 0 heterocycles. The average Bonchev–Trinajstić information content (AvgIpc) is 2.16. The van der Waals surface area contributed by atoms with Gasteiger partial charge in [0.05, 0.1) is 0 Å². The number of carbonyl (C=O) groups excluding carboxylic acids is 1. The van der Waals surface area contributed by atoms with E-state index in [4.69, 9.17) is 0 Å². The fourth-order valence-electron chi connectivity index (χ4n) is 2.71. The third-order valence-electron chi connectivity index (χ3n) is 4.31. The van der Waals surface area contributed by atoms with E-state index in [-0.39, 0.29) is 5.41 Å². The Morgan fingerprint density at radius 2 is 1.83 bits per heavy atom. The van der Waals surface area contributed by atoms with Crippen LogP contribution in [0.5, 0.6) is 0 Å². The van der Waals surface area contributed by atoms with E-state index in [0.29, 0.717) is 23.5 Å². The first-order valence-corrected chi connectivity index (χ1v) is 4.91. The molecule has 4 unspecified atom stereocenters. The minimum atomic E-state index is -0.0561. The zero-order valence-electron chi connectivity index (χ0n) is 8.85.